The Labute approximate surface area is 208 Å². The molecule has 0 heterocycles. The molecule has 0 rings (SSSR count). The van der Waals surface area contributed by atoms with Gasteiger partial charge in [0.25, 0.3) is 0 Å². The Hall–Kier alpha value is -1.72. The van der Waals surface area contributed by atoms with Crippen LogP contribution in [0, 0.1) is 23.7 Å². The van der Waals surface area contributed by atoms with Crippen molar-refractivity contribution in [3.05, 3.63) is 0 Å². The Bertz CT molecular complexity index is 515. The average molecular weight is 485 g/mol. The van der Waals surface area contributed by atoms with Crippen LogP contribution in [0.25, 0.3) is 0 Å². The summed E-state index contributed by atoms with van der Waals surface area (Å²) in [7, 11) is 0. The van der Waals surface area contributed by atoms with Crippen molar-refractivity contribution in [1.29, 1.82) is 0 Å². The van der Waals surface area contributed by atoms with Gasteiger partial charge in [-0.15, -0.1) is 0 Å². The summed E-state index contributed by atoms with van der Waals surface area (Å²) in [6, 6.07) is 0. The first-order valence-corrected chi connectivity index (χ1v) is 13.6. The molecule has 2 atom stereocenters. The first-order chi connectivity index (χ1) is 16.1. The van der Waals surface area contributed by atoms with E-state index in [1.165, 1.54) is 0 Å². The number of hydrogen-bond donors (Lipinski definition) is 0. The third-order valence-corrected chi connectivity index (χ3v) is 6.33. The number of carbonyl (C=O) groups excluding carboxylic acids is 4. The van der Waals surface area contributed by atoms with Crippen LogP contribution in [0.5, 0.6) is 0 Å². The van der Waals surface area contributed by atoms with Crippen molar-refractivity contribution in [2.45, 2.75) is 132 Å². The topological polar surface area (TPSA) is 86.7 Å². The second-order valence-electron chi connectivity index (χ2n) is 9.30. The van der Waals surface area contributed by atoms with Gasteiger partial charge >= 0.3 is 23.9 Å². The predicted octanol–water partition coefficient (Wildman–Crippen LogP) is 7.42. The molecule has 0 saturated carbocycles. The van der Waals surface area contributed by atoms with E-state index in [-0.39, 0.29) is 47.5 Å². The molecule has 0 aliphatic carbocycles. The van der Waals surface area contributed by atoms with Crippen LogP contribution in [-0.2, 0) is 28.7 Å². The van der Waals surface area contributed by atoms with Gasteiger partial charge in [-0.05, 0) is 38.5 Å². The SMILES string of the molecule is CCC(CC)C(=O)OC(=O)C(CC)CC.CCCCCC(C)C(=O)OC(=O)C(C)CCCCC. The van der Waals surface area contributed by atoms with Crippen molar-refractivity contribution in [2.75, 3.05) is 0 Å². The molecule has 0 N–H and O–H groups in total. The molecule has 0 aromatic rings. The van der Waals surface area contributed by atoms with E-state index < -0.39 is 0 Å². The van der Waals surface area contributed by atoms with Gasteiger partial charge in [0.15, 0.2) is 0 Å². The number of carbonyl (C=O) groups is 4. The normalized spacial score (nSPS) is 12.5. The first kappa shape index (κ1) is 34.4. The Morgan fingerprint density at radius 2 is 0.794 bits per heavy atom. The maximum absolute atomic E-state index is 11.7. The fourth-order valence-electron chi connectivity index (χ4n) is 3.45. The lowest BCUT2D eigenvalue weighted by molar-refractivity contribution is -0.167. The fourth-order valence-corrected chi connectivity index (χ4v) is 3.45. The van der Waals surface area contributed by atoms with E-state index in [1.807, 2.05) is 41.5 Å². The van der Waals surface area contributed by atoms with Crippen molar-refractivity contribution in [1.82, 2.24) is 0 Å². The molecule has 0 radical (unpaired) electrons. The molecule has 0 aliphatic rings. The average Bonchev–Trinajstić information content (AvgIpc) is 2.81. The molecule has 200 valence electrons. The van der Waals surface area contributed by atoms with E-state index in [0.29, 0.717) is 0 Å². The van der Waals surface area contributed by atoms with Gasteiger partial charge in [0, 0.05) is 0 Å². The highest BCUT2D eigenvalue weighted by Gasteiger charge is 2.24. The number of hydrogen-bond acceptors (Lipinski definition) is 6. The first-order valence-electron chi connectivity index (χ1n) is 13.6. The highest BCUT2D eigenvalue weighted by atomic mass is 16.6. The smallest absolute Gasteiger partial charge is 0.316 e. The highest BCUT2D eigenvalue weighted by molar-refractivity contribution is 5.88. The molecule has 0 aromatic carbocycles. The summed E-state index contributed by atoms with van der Waals surface area (Å²) in [5.74, 6) is -2.05. The van der Waals surface area contributed by atoms with Gasteiger partial charge in [0.05, 0.1) is 23.7 Å². The molecule has 0 bridgehead atoms. The molecule has 0 spiro atoms. The Balaban J connectivity index is 0. The quantitative estimate of drug-likeness (QED) is 0.129. The molecule has 2 unspecified atom stereocenters. The van der Waals surface area contributed by atoms with Crippen molar-refractivity contribution in [3.63, 3.8) is 0 Å². The zero-order valence-corrected chi connectivity index (χ0v) is 23.2. The van der Waals surface area contributed by atoms with Gasteiger partial charge in [0.1, 0.15) is 0 Å². The molecule has 0 aromatic heterocycles. The summed E-state index contributed by atoms with van der Waals surface area (Å²) < 4.78 is 9.82. The van der Waals surface area contributed by atoms with E-state index in [1.54, 1.807) is 0 Å². The summed E-state index contributed by atoms with van der Waals surface area (Å²) >= 11 is 0. The molecule has 0 fully saturated rings. The van der Waals surface area contributed by atoms with Crippen LogP contribution in [0.1, 0.15) is 132 Å². The Morgan fingerprint density at radius 3 is 1.06 bits per heavy atom. The zero-order valence-electron chi connectivity index (χ0n) is 23.2. The summed E-state index contributed by atoms with van der Waals surface area (Å²) in [5, 5.41) is 0. The summed E-state index contributed by atoms with van der Waals surface area (Å²) in [4.78, 5) is 46.5. The van der Waals surface area contributed by atoms with Crippen LogP contribution < -0.4 is 0 Å². The standard InChI is InChI=1S/C16H30O3.C12H22O3/c1-5-7-9-11-13(3)15(17)19-16(18)14(4)12-10-8-6-2;1-5-9(6-2)11(13)15-12(14)10(7-3)8-4/h13-14H,5-12H2,1-4H3;9-10H,5-8H2,1-4H3. The molecule has 0 aliphatic heterocycles. The maximum atomic E-state index is 11.7. The molecule has 6 heteroatoms. The molecular weight excluding hydrogens is 432 g/mol. The summed E-state index contributed by atoms with van der Waals surface area (Å²) in [6.45, 7) is 15.6. The minimum atomic E-state index is -0.364. The van der Waals surface area contributed by atoms with Crippen molar-refractivity contribution in [3.8, 4) is 0 Å². The van der Waals surface area contributed by atoms with Gasteiger partial charge in [-0.3, -0.25) is 19.2 Å². The number of unbranched alkanes of at least 4 members (excludes halogenated alkanes) is 4. The molecule has 6 nitrogen and oxygen atoms in total. The van der Waals surface area contributed by atoms with Crippen molar-refractivity contribution >= 4 is 23.9 Å². The Morgan fingerprint density at radius 1 is 0.500 bits per heavy atom. The highest BCUT2D eigenvalue weighted by Crippen LogP contribution is 2.16. The summed E-state index contributed by atoms with van der Waals surface area (Å²) in [5.41, 5.74) is 0. The largest absolute Gasteiger partial charge is 0.393 e. The monoisotopic (exact) mass is 484 g/mol. The molecule has 0 saturated heterocycles. The lowest BCUT2D eigenvalue weighted by atomic mass is 10.0. The second kappa shape index (κ2) is 21.8. The number of esters is 4. The number of ether oxygens (including phenoxy) is 2. The number of rotatable bonds is 16. The van der Waals surface area contributed by atoms with E-state index >= 15 is 0 Å². The van der Waals surface area contributed by atoms with Crippen LogP contribution in [0.4, 0.5) is 0 Å². The minimum absolute atomic E-state index is 0.136. The predicted molar refractivity (Wildman–Crippen MR) is 137 cm³/mol. The lowest BCUT2D eigenvalue weighted by Gasteiger charge is -2.14. The molecule has 34 heavy (non-hydrogen) atoms. The summed E-state index contributed by atoms with van der Waals surface area (Å²) in [6.07, 6.45) is 11.1. The van der Waals surface area contributed by atoms with Crippen molar-refractivity contribution in [2.24, 2.45) is 23.7 Å². The maximum Gasteiger partial charge on any atom is 0.316 e. The van der Waals surface area contributed by atoms with Gasteiger partial charge < -0.3 is 9.47 Å². The fraction of sp³-hybridized carbons (Fsp3) is 0.857. The van der Waals surface area contributed by atoms with Gasteiger partial charge in [-0.2, -0.15) is 0 Å². The zero-order chi connectivity index (χ0) is 26.5. The van der Waals surface area contributed by atoms with Crippen LogP contribution in [-0.4, -0.2) is 23.9 Å². The van der Waals surface area contributed by atoms with Crippen LogP contribution in [0.15, 0.2) is 0 Å². The molecular formula is C28H52O6. The van der Waals surface area contributed by atoms with Gasteiger partial charge in [-0.25, -0.2) is 0 Å². The van der Waals surface area contributed by atoms with Crippen LogP contribution >= 0.6 is 0 Å². The van der Waals surface area contributed by atoms with E-state index in [9.17, 15) is 19.2 Å². The van der Waals surface area contributed by atoms with E-state index in [0.717, 1.165) is 77.0 Å². The third kappa shape index (κ3) is 16.0. The van der Waals surface area contributed by atoms with Crippen LogP contribution in [0.2, 0.25) is 0 Å². The second-order valence-corrected chi connectivity index (χ2v) is 9.30. The van der Waals surface area contributed by atoms with Gasteiger partial charge in [0.2, 0.25) is 0 Å². The van der Waals surface area contributed by atoms with Crippen LogP contribution in [0.3, 0.4) is 0 Å². The lowest BCUT2D eigenvalue weighted by Crippen LogP contribution is -2.25. The van der Waals surface area contributed by atoms with E-state index in [2.05, 4.69) is 13.8 Å². The Kier molecular flexibility index (Phi) is 22.1. The van der Waals surface area contributed by atoms with E-state index in [4.69, 9.17) is 9.47 Å². The van der Waals surface area contributed by atoms with Crippen molar-refractivity contribution < 1.29 is 28.7 Å². The molecule has 0 amide bonds. The minimum Gasteiger partial charge on any atom is -0.393 e. The van der Waals surface area contributed by atoms with Gasteiger partial charge in [-0.1, -0.05) is 93.9 Å². The third-order valence-electron chi connectivity index (χ3n) is 6.33.